The van der Waals surface area contributed by atoms with Crippen LogP contribution in [0.1, 0.15) is 30.0 Å². The molecule has 3 aromatic carbocycles. The first-order valence-electron chi connectivity index (χ1n) is 10.3. The molecule has 4 rings (SSSR count). The molecular weight excluding hydrogens is 450 g/mol. The van der Waals surface area contributed by atoms with Crippen LogP contribution in [0.2, 0.25) is 0 Å². The predicted molar refractivity (Wildman–Crippen MR) is 130 cm³/mol. The van der Waals surface area contributed by atoms with Gasteiger partial charge in [0.25, 0.3) is 0 Å². The molecule has 0 aliphatic heterocycles. The molecule has 0 fully saturated rings. The van der Waals surface area contributed by atoms with E-state index in [1.807, 2.05) is 91.0 Å². The van der Waals surface area contributed by atoms with Gasteiger partial charge in [0.15, 0.2) is 5.69 Å². The van der Waals surface area contributed by atoms with Gasteiger partial charge in [0.1, 0.15) is 5.76 Å². The number of aliphatic imine (C=N–C) groups is 1. The zero-order chi connectivity index (χ0) is 21.6. The van der Waals surface area contributed by atoms with E-state index in [1.54, 1.807) is 0 Å². The van der Waals surface area contributed by atoms with Gasteiger partial charge in [0.05, 0.1) is 5.71 Å². The molecule has 1 aromatic heterocycles. The Morgan fingerprint density at radius 3 is 2.00 bits per heavy atom. The summed E-state index contributed by atoms with van der Waals surface area (Å²) in [6, 6.07) is 29.5. The molecule has 154 valence electrons. The molecule has 0 spiro atoms. The first-order valence-corrected chi connectivity index (χ1v) is 11.1. The van der Waals surface area contributed by atoms with E-state index in [0.29, 0.717) is 11.4 Å². The zero-order valence-electron chi connectivity index (χ0n) is 17.2. The predicted octanol–water partition coefficient (Wildman–Crippen LogP) is 7.19. The Morgan fingerprint density at radius 1 is 0.871 bits per heavy atom. The van der Waals surface area contributed by atoms with Crippen molar-refractivity contribution in [1.29, 1.82) is 0 Å². The van der Waals surface area contributed by atoms with Gasteiger partial charge >= 0.3 is 5.63 Å². The summed E-state index contributed by atoms with van der Waals surface area (Å²) in [5.74, 6) is 0.556. The average Bonchev–Trinajstić information content (AvgIpc) is 2.80. The van der Waals surface area contributed by atoms with Crippen LogP contribution in [0.3, 0.4) is 0 Å². The molecule has 0 saturated carbocycles. The van der Waals surface area contributed by atoms with Gasteiger partial charge in [-0.05, 0) is 30.2 Å². The van der Waals surface area contributed by atoms with Gasteiger partial charge in [0, 0.05) is 21.2 Å². The third-order valence-electron chi connectivity index (χ3n) is 4.97. The minimum absolute atomic E-state index is 0.366. The fraction of sp³-hybridized carbons (Fsp3) is 0.111. The summed E-state index contributed by atoms with van der Waals surface area (Å²) in [6.07, 6.45) is 1.64. The first kappa shape index (κ1) is 21.0. The van der Waals surface area contributed by atoms with E-state index >= 15 is 0 Å². The average molecular weight is 472 g/mol. The molecule has 1 heterocycles. The molecule has 0 atom stereocenters. The highest BCUT2D eigenvalue weighted by Gasteiger charge is 2.15. The van der Waals surface area contributed by atoms with Crippen LogP contribution in [-0.4, -0.2) is 5.71 Å². The number of hydrogen-bond acceptors (Lipinski definition) is 3. The van der Waals surface area contributed by atoms with Crippen LogP contribution in [-0.2, 0) is 6.42 Å². The molecule has 0 N–H and O–H groups in total. The highest BCUT2D eigenvalue weighted by atomic mass is 79.9. The quantitative estimate of drug-likeness (QED) is 0.279. The zero-order valence-corrected chi connectivity index (χ0v) is 18.8. The summed E-state index contributed by atoms with van der Waals surface area (Å²) >= 11 is 3.44. The lowest BCUT2D eigenvalue weighted by molar-refractivity contribution is 0.525. The molecule has 0 radical (unpaired) electrons. The highest BCUT2D eigenvalue weighted by molar-refractivity contribution is 9.10. The van der Waals surface area contributed by atoms with Crippen LogP contribution < -0.4 is 5.63 Å². The van der Waals surface area contributed by atoms with Crippen molar-refractivity contribution in [3.8, 4) is 11.3 Å². The minimum Gasteiger partial charge on any atom is -0.421 e. The number of nitrogens with zero attached hydrogens (tertiary/aromatic N) is 1. The summed E-state index contributed by atoms with van der Waals surface area (Å²) in [5.41, 5.74) is 4.35. The Kier molecular flexibility index (Phi) is 6.58. The lowest BCUT2D eigenvalue weighted by atomic mass is 10.0. The second-order valence-corrected chi connectivity index (χ2v) is 8.14. The third kappa shape index (κ3) is 4.92. The van der Waals surface area contributed by atoms with Crippen molar-refractivity contribution in [2.45, 2.75) is 19.8 Å². The Bertz CT molecular complexity index is 1200. The maximum atomic E-state index is 13.1. The van der Waals surface area contributed by atoms with Crippen molar-refractivity contribution >= 4 is 27.3 Å². The third-order valence-corrected chi connectivity index (χ3v) is 5.50. The van der Waals surface area contributed by atoms with Gasteiger partial charge in [-0.3, -0.25) is 0 Å². The normalized spacial score (nSPS) is 10.6. The molecule has 31 heavy (non-hydrogen) atoms. The Balaban J connectivity index is 1.89. The van der Waals surface area contributed by atoms with Crippen LogP contribution >= 0.6 is 15.9 Å². The van der Waals surface area contributed by atoms with Gasteiger partial charge in [-0.15, -0.1) is 0 Å². The van der Waals surface area contributed by atoms with Crippen molar-refractivity contribution in [3.05, 3.63) is 123 Å². The molecule has 0 amide bonds. The second kappa shape index (κ2) is 9.71. The van der Waals surface area contributed by atoms with Crippen LogP contribution in [0.15, 0.2) is 110 Å². The summed E-state index contributed by atoms with van der Waals surface area (Å²) in [6.45, 7) is 2.09. The van der Waals surface area contributed by atoms with Gasteiger partial charge in [-0.1, -0.05) is 102 Å². The lowest BCUT2D eigenvalue weighted by Gasteiger charge is -2.11. The fourth-order valence-corrected chi connectivity index (χ4v) is 3.73. The molecule has 0 unspecified atom stereocenters. The topological polar surface area (TPSA) is 42.6 Å². The van der Waals surface area contributed by atoms with E-state index in [2.05, 4.69) is 22.9 Å². The van der Waals surface area contributed by atoms with Gasteiger partial charge in [-0.25, -0.2) is 9.79 Å². The molecule has 0 aliphatic rings. The molecule has 0 aliphatic carbocycles. The number of halogens is 1. The number of hydrogen-bond donors (Lipinski definition) is 0. The fourth-order valence-electron chi connectivity index (χ4n) is 3.47. The largest absolute Gasteiger partial charge is 0.421 e. The molecule has 0 bridgehead atoms. The van der Waals surface area contributed by atoms with Gasteiger partial charge in [0.2, 0.25) is 0 Å². The van der Waals surface area contributed by atoms with Crippen LogP contribution in [0.25, 0.3) is 11.3 Å². The highest BCUT2D eigenvalue weighted by Crippen LogP contribution is 2.27. The van der Waals surface area contributed by atoms with E-state index in [0.717, 1.165) is 45.3 Å². The summed E-state index contributed by atoms with van der Waals surface area (Å²) in [4.78, 5) is 18.0. The van der Waals surface area contributed by atoms with Crippen LogP contribution in [0, 0.1) is 0 Å². The standard InChI is InChI=1S/C27H22BrNO2/c1-2-9-22-18-24(19-14-16-23(28)17-15-19)31-27(30)26(22)29-25(20-10-5-3-6-11-20)21-12-7-4-8-13-21/h3-8,10-18H,2,9H2,1H3. The lowest BCUT2D eigenvalue weighted by Crippen LogP contribution is -2.08. The summed E-state index contributed by atoms with van der Waals surface area (Å²) < 4.78 is 6.69. The van der Waals surface area contributed by atoms with Crippen molar-refractivity contribution < 1.29 is 4.42 Å². The van der Waals surface area contributed by atoms with E-state index in [-0.39, 0.29) is 0 Å². The van der Waals surface area contributed by atoms with E-state index in [1.165, 1.54) is 0 Å². The smallest absolute Gasteiger partial charge is 0.362 e. The van der Waals surface area contributed by atoms with Gasteiger partial charge < -0.3 is 4.42 Å². The van der Waals surface area contributed by atoms with Crippen LogP contribution in [0.5, 0.6) is 0 Å². The van der Waals surface area contributed by atoms with Gasteiger partial charge in [-0.2, -0.15) is 0 Å². The van der Waals surface area contributed by atoms with Crippen molar-refractivity contribution in [3.63, 3.8) is 0 Å². The van der Waals surface area contributed by atoms with Crippen molar-refractivity contribution in [2.75, 3.05) is 0 Å². The molecule has 0 saturated heterocycles. The molecule has 3 nitrogen and oxygen atoms in total. The Hall–Kier alpha value is -3.24. The van der Waals surface area contributed by atoms with Crippen LogP contribution in [0.4, 0.5) is 5.69 Å². The number of benzene rings is 3. The summed E-state index contributed by atoms with van der Waals surface area (Å²) in [5, 5.41) is 0. The monoisotopic (exact) mass is 471 g/mol. The number of aryl methyl sites for hydroxylation is 1. The minimum atomic E-state index is -0.423. The maximum Gasteiger partial charge on any atom is 0.362 e. The van der Waals surface area contributed by atoms with E-state index in [4.69, 9.17) is 9.41 Å². The SMILES string of the molecule is CCCc1cc(-c2ccc(Br)cc2)oc(=O)c1N=C(c1ccccc1)c1ccccc1. The Morgan fingerprint density at radius 2 is 1.45 bits per heavy atom. The van der Waals surface area contributed by atoms with Crippen molar-refractivity contribution in [2.24, 2.45) is 4.99 Å². The molecule has 4 aromatic rings. The molecular formula is C27H22BrNO2. The van der Waals surface area contributed by atoms with E-state index < -0.39 is 5.63 Å². The molecule has 4 heteroatoms. The van der Waals surface area contributed by atoms with E-state index in [9.17, 15) is 4.79 Å². The summed E-state index contributed by atoms with van der Waals surface area (Å²) in [7, 11) is 0. The second-order valence-electron chi connectivity index (χ2n) is 7.22. The Labute approximate surface area is 190 Å². The number of rotatable bonds is 6. The van der Waals surface area contributed by atoms with Crippen molar-refractivity contribution in [1.82, 2.24) is 0 Å². The maximum absolute atomic E-state index is 13.1. The first-order chi connectivity index (χ1) is 15.2.